The van der Waals surface area contributed by atoms with Crippen LogP contribution in [-0.4, -0.2) is 51.5 Å². The Morgan fingerprint density at radius 2 is 2.11 bits per heavy atom. The first kappa shape index (κ1) is 20.1. The molecule has 0 atom stereocenters. The second kappa shape index (κ2) is 10.0. The number of nitrogens with zero attached hydrogens (tertiary/aromatic N) is 1. The second-order valence-electron chi connectivity index (χ2n) is 7.45. The number of ether oxygens (including phenoxy) is 2. The zero-order valence-corrected chi connectivity index (χ0v) is 16.3. The van der Waals surface area contributed by atoms with Gasteiger partial charge in [-0.1, -0.05) is 12.1 Å². The van der Waals surface area contributed by atoms with Crippen LogP contribution in [0.4, 0.5) is 4.39 Å². The van der Waals surface area contributed by atoms with Crippen LogP contribution >= 0.6 is 0 Å². The van der Waals surface area contributed by atoms with E-state index < -0.39 is 0 Å². The van der Waals surface area contributed by atoms with Gasteiger partial charge in [-0.05, 0) is 56.7 Å². The minimum absolute atomic E-state index is 0.0105. The molecule has 1 aromatic carbocycles. The molecule has 0 radical (unpaired) electrons. The van der Waals surface area contributed by atoms with Gasteiger partial charge in [0.05, 0.1) is 12.6 Å². The Balaban J connectivity index is 1.42. The summed E-state index contributed by atoms with van der Waals surface area (Å²) in [6.07, 6.45) is 5.42. The van der Waals surface area contributed by atoms with Crippen molar-refractivity contribution in [3.63, 3.8) is 0 Å². The molecule has 5 nitrogen and oxygen atoms in total. The molecule has 1 aromatic rings. The van der Waals surface area contributed by atoms with Gasteiger partial charge in [0.15, 0.2) is 5.96 Å². The Hall–Kier alpha value is -1.66. The quantitative estimate of drug-likeness (QED) is 0.395. The standard InChI is InChI=1S/C21H32FN3O2/c1-2-23-20(24-11-4-12-27-19-7-13-26-14-8-19)25-16-21(9-10-21)17-5-3-6-18(22)15-17/h3,5-6,15,19H,2,4,7-14,16H2,1H3,(H2,23,24,25). The average molecular weight is 378 g/mol. The highest BCUT2D eigenvalue weighted by Crippen LogP contribution is 2.48. The first-order valence-corrected chi connectivity index (χ1v) is 10.2. The monoisotopic (exact) mass is 377 g/mol. The molecule has 0 bridgehead atoms. The van der Waals surface area contributed by atoms with Crippen molar-refractivity contribution >= 4 is 5.96 Å². The lowest BCUT2D eigenvalue weighted by molar-refractivity contribution is -0.0320. The fourth-order valence-corrected chi connectivity index (χ4v) is 3.45. The van der Waals surface area contributed by atoms with Crippen LogP contribution in [0.1, 0.15) is 44.6 Å². The van der Waals surface area contributed by atoms with Gasteiger partial charge in [0.25, 0.3) is 0 Å². The van der Waals surface area contributed by atoms with E-state index in [0.29, 0.717) is 12.6 Å². The predicted octanol–water partition coefficient (Wildman–Crippen LogP) is 3.00. The zero-order chi connectivity index (χ0) is 19.0. The highest BCUT2D eigenvalue weighted by Gasteiger charge is 2.44. The van der Waals surface area contributed by atoms with Gasteiger partial charge in [0.1, 0.15) is 5.82 Å². The van der Waals surface area contributed by atoms with Crippen LogP contribution < -0.4 is 10.6 Å². The molecule has 1 aliphatic carbocycles. The van der Waals surface area contributed by atoms with Crippen LogP contribution in [0, 0.1) is 5.82 Å². The van der Waals surface area contributed by atoms with Crippen molar-refractivity contribution < 1.29 is 13.9 Å². The fourth-order valence-electron chi connectivity index (χ4n) is 3.45. The van der Waals surface area contributed by atoms with Crippen LogP contribution in [0.25, 0.3) is 0 Å². The van der Waals surface area contributed by atoms with Gasteiger partial charge in [-0.25, -0.2) is 4.39 Å². The van der Waals surface area contributed by atoms with Gasteiger partial charge in [-0.2, -0.15) is 0 Å². The van der Waals surface area contributed by atoms with Crippen molar-refractivity contribution in [3.8, 4) is 0 Å². The van der Waals surface area contributed by atoms with Gasteiger partial charge in [-0.3, -0.25) is 4.99 Å². The smallest absolute Gasteiger partial charge is 0.191 e. The van der Waals surface area contributed by atoms with E-state index in [2.05, 4.69) is 17.6 Å². The third-order valence-corrected chi connectivity index (χ3v) is 5.31. The molecule has 0 spiro atoms. The van der Waals surface area contributed by atoms with Crippen LogP contribution in [0.5, 0.6) is 0 Å². The molecule has 150 valence electrons. The van der Waals surface area contributed by atoms with E-state index in [1.807, 2.05) is 6.07 Å². The lowest BCUT2D eigenvalue weighted by Crippen LogP contribution is -2.38. The summed E-state index contributed by atoms with van der Waals surface area (Å²) in [7, 11) is 0. The van der Waals surface area contributed by atoms with Gasteiger partial charge < -0.3 is 20.1 Å². The third-order valence-electron chi connectivity index (χ3n) is 5.31. The van der Waals surface area contributed by atoms with Crippen LogP contribution in [0.2, 0.25) is 0 Å². The Labute approximate surface area is 161 Å². The summed E-state index contributed by atoms with van der Waals surface area (Å²) in [4.78, 5) is 4.76. The van der Waals surface area contributed by atoms with Crippen molar-refractivity contribution in [1.82, 2.24) is 10.6 Å². The number of rotatable bonds is 9. The molecular formula is C21H32FN3O2. The summed E-state index contributed by atoms with van der Waals surface area (Å²) in [6.45, 7) is 6.76. The first-order valence-electron chi connectivity index (χ1n) is 10.2. The lowest BCUT2D eigenvalue weighted by atomic mass is 9.96. The van der Waals surface area contributed by atoms with E-state index in [4.69, 9.17) is 14.5 Å². The molecule has 1 saturated heterocycles. The number of aliphatic imine (C=N–C) groups is 1. The summed E-state index contributed by atoms with van der Waals surface area (Å²) in [5, 5.41) is 6.68. The van der Waals surface area contributed by atoms with E-state index in [0.717, 1.165) is 76.5 Å². The molecule has 3 rings (SSSR count). The van der Waals surface area contributed by atoms with Gasteiger partial charge in [-0.15, -0.1) is 0 Å². The molecular weight excluding hydrogens is 345 g/mol. The van der Waals surface area contributed by atoms with Crippen molar-refractivity contribution in [1.29, 1.82) is 0 Å². The lowest BCUT2D eigenvalue weighted by Gasteiger charge is -2.22. The van der Waals surface area contributed by atoms with E-state index in [1.54, 1.807) is 12.1 Å². The van der Waals surface area contributed by atoms with Gasteiger partial charge in [0, 0.05) is 38.3 Å². The summed E-state index contributed by atoms with van der Waals surface area (Å²) < 4.78 is 24.8. The maximum Gasteiger partial charge on any atom is 0.191 e. The summed E-state index contributed by atoms with van der Waals surface area (Å²) in [5.41, 5.74) is 1.07. The van der Waals surface area contributed by atoms with Crippen LogP contribution in [0.15, 0.2) is 29.3 Å². The van der Waals surface area contributed by atoms with Crippen molar-refractivity contribution in [3.05, 3.63) is 35.6 Å². The van der Waals surface area contributed by atoms with Gasteiger partial charge >= 0.3 is 0 Å². The molecule has 0 aromatic heterocycles. The molecule has 2 N–H and O–H groups in total. The van der Waals surface area contributed by atoms with Gasteiger partial charge in [0.2, 0.25) is 0 Å². The largest absolute Gasteiger partial charge is 0.381 e. The van der Waals surface area contributed by atoms with E-state index in [9.17, 15) is 4.39 Å². The number of hydrogen-bond acceptors (Lipinski definition) is 3. The van der Waals surface area contributed by atoms with Crippen LogP contribution in [-0.2, 0) is 14.9 Å². The number of hydrogen-bond donors (Lipinski definition) is 2. The highest BCUT2D eigenvalue weighted by molar-refractivity contribution is 5.79. The third kappa shape index (κ3) is 6.18. The maximum absolute atomic E-state index is 13.5. The number of guanidine groups is 1. The van der Waals surface area contributed by atoms with E-state index in [1.165, 1.54) is 6.07 Å². The number of halogens is 1. The minimum Gasteiger partial charge on any atom is -0.381 e. The Morgan fingerprint density at radius 1 is 1.30 bits per heavy atom. The normalized spacial score (nSPS) is 19.7. The van der Waals surface area contributed by atoms with Crippen molar-refractivity contribution in [2.75, 3.05) is 39.5 Å². The molecule has 27 heavy (non-hydrogen) atoms. The molecule has 2 fully saturated rings. The Kier molecular flexibility index (Phi) is 7.47. The predicted molar refractivity (Wildman–Crippen MR) is 106 cm³/mol. The SMILES string of the molecule is CCNC(=NCC1(c2cccc(F)c2)CC1)NCCCOC1CCOCC1. The summed E-state index contributed by atoms with van der Waals surface area (Å²) >= 11 is 0. The summed E-state index contributed by atoms with van der Waals surface area (Å²) in [5.74, 6) is 0.656. The minimum atomic E-state index is -0.169. The number of benzene rings is 1. The molecule has 0 amide bonds. The van der Waals surface area contributed by atoms with Crippen molar-refractivity contribution in [2.24, 2.45) is 4.99 Å². The molecule has 1 aliphatic heterocycles. The van der Waals surface area contributed by atoms with Crippen molar-refractivity contribution in [2.45, 2.75) is 50.5 Å². The second-order valence-corrected chi connectivity index (χ2v) is 7.45. The molecule has 1 heterocycles. The summed E-state index contributed by atoms with van der Waals surface area (Å²) in [6, 6.07) is 6.95. The fraction of sp³-hybridized carbons (Fsp3) is 0.667. The molecule has 1 saturated carbocycles. The first-order chi connectivity index (χ1) is 13.2. The zero-order valence-electron chi connectivity index (χ0n) is 16.3. The topological polar surface area (TPSA) is 54.9 Å². The average Bonchev–Trinajstić information content (AvgIpc) is 3.48. The van der Waals surface area contributed by atoms with Crippen LogP contribution in [0.3, 0.4) is 0 Å². The Morgan fingerprint density at radius 3 is 2.81 bits per heavy atom. The number of nitrogens with one attached hydrogen (secondary N) is 2. The van der Waals surface area contributed by atoms with E-state index in [-0.39, 0.29) is 11.2 Å². The maximum atomic E-state index is 13.5. The molecule has 0 unspecified atom stereocenters. The Bertz CT molecular complexity index is 613. The highest BCUT2D eigenvalue weighted by atomic mass is 19.1. The molecule has 2 aliphatic rings. The molecule has 6 heteroatoms. The van der Waals surface area contributed by atoms with E-state index >= 15 is 0 Å².